The van der Waals surface area contributed by atoms with Gasteiger partial charge < -0.3 is 18.0 Å². The van der Waals surface area contributed by atoms with Gasteiger partial charge in [-0.3, -0.25) is 4.40 Å². The lowest BCUT2D eigenvalue weighted by Gasteiger charge is -2.10. The Morgan fingerprint density at radius 1 is 0.369 bits per heavy atom. The molecule has 0 saturated heterocycles. The first-order chi connectivity index (χ1) is 32.2. The molecule has 0 N–H and O–H groups in total. The zero-order chi connectivity index (χ0) is 42.3. The monoisotopic (exact) mass is 830 g/mol. The summed E-state index contributed by atoms with van der Waals surface area (Å²) in [5, 5.41) is 9.06. The molecule has 0 fully saturated rings. The Bertz CT molecular complexity index is 4470. The number of hydrogen-bond donors (Lipinski definition) is 0. The summed E-state index contributed by atoms with van der Waals surface area (Å²) in [7, 11) is 0. The standard InChI is InChI=1S/C59H34N4O2/c1-2-13-38(14-3-1)62-50-32-28-37(34-46(50)54-56(62)55-44-17-6-11-24-53(44)65-59(55)63-51-22-9-7-20-47(51)60-58(54)63)36-27-31-49-45(33-36)41-15-4-8-21-48(41)61(49)39-29-25-35(26-30-39)40-18-12-19-43-42-16-5-10-23-52(42)64-57(40)43/h1-34H. The number of para-hydroxylation sites is 7. The maximum Gasteiger partial charge on any atom is 0.216 e. The van der Waals surface area contributed by atoms with Crippen molar-refractivity contribution in [1.82, 2.24) is 18.5 Å². The van der Waals surface area contributed by atoms with Crippen LogP contribution in [0.5, 0.6) is 0 Å². The smallest absolute Gasteiger partial charge is 0.216 e. The van der Waals surface area contributed by atoms with Gasteiger partial charge in [-0.25, -0.2) is 4.98 Å². The van der Waals surface area contributed by atoms with E-state index >= 15 is 0 Å². The van der Waals surface area contributed by atoms with Crippen LogP contribution in [0.15, 0.2) is 215 Å². The molecule has 0 aliphatic heterocycles. The molecule has 0 unspecified atom stereocenters. The van der Waals surface area contributed by atoms with Gasteiger partial charge in [-0.1, -0.05) is 127 Å². The van der Waals surface area contributed by atoms with Gasteiger partial charge in [-0.2, -0.15) is 0 Å². The summed E-state index contributed by atoms with van der Waals surface area (Å²) in [4.78, 5) is 5.36. The summed E-state index contributed by atoms with van der Waals surface area (Å²) in [5.74, 6) is 0. The van der Waals surface area contributed by atoms with E-state index in [0.29, 0.717) is 0 Å². The Morgan fingerprint density at radius 3 is 1.78 bits per heavy atom. The number of imidazole rings is 1. The van der Waals surface area contributed by atoms with Gasteiger partial charge in [0, 0.05) is 49.3 Å². The summed E-state index contributed by atoms with van der Waals surface area (Å²) in [6.45, 7) is 0. The van der Waals surface area contributed by atoms with Crippen molar-refractivity contribution in [3.8, 4) is 33.6 Å². The molecule has 6 nitrogen and oxygen atoms in total. The van der Waals surface area contributed by atoms with Gasteiger partial charge in [0.2, 0.25) is 5.71 Å². The lowest BCUT2D eigenvalue weighted by molar-refractivity contribution is 0.650. The maximum absolute atomic E-state index is 6.79. The number of fused-ring (bicyclic) bond motifs is 18. The average molecular weight is 831 g/mol. The highest BCUT2D eigenvalue weighted by atomic mass is 16.3. The fraction of sp³-hybridized carbons (Fsp3) is 0. The molecular weight excluding hydrogens is 797 g/mol. The van der Waals surface area contributed by atoms with Crippen molar-refractivity contribution < 1.29 is 8.83 Å². The van der Waals surface area contributed by atoms with Gasteiger partial charge in [0.15, 0.2) is 5.65 Å². The quantitative estimate of drug-likeness (QED) is 0.178. The van der Waals surface area contributed by atoms with E-state index in [2.05, 4.69) is 202 Å². The summed E-state index contributed by atoms with van der Waals surface area (Å²) in [6, 6.07) is 73.5. The van der Waals surface area contributed by atoms with Crippen molar-refractivity contribution in [3.05, 3.63) is 206 Å². The van der Waals surface area contributed by atoms with Crippen LogP contribution >= 0.6 is 0 Å². The molecule has 9 aromatic carbocycles. The Labute approximate surface area is 370 Å². The van der Waals surface area contributed by atoms with E-state index in [0.717, 1.165) is 122 Å². The molecule has 0 radical (unpaired) electrons. The Balaban J connectivity index is 0.940. The zero-order valence-corrected chi connectivity index (χ0v) is 34.7. The van der Waals surface area contributed by atoms with Crippen LogP contribution < -0.4 is 0 Å². The normalized spacial score (nSPS) is 12.3. The lowest BCUT2D eigenvalue weighted by atomic mass is 10.0. The predicted octanol–water partition coefficient (Wildman–Crippen LogP) is 15.8. The lowest BCUT2D eigenvalue weighted by Crippen LogP contribution is -1.95. The summed E-state index contributed by atoms with van der Waals surface area (Å²) < 4.78 is 20.2. The van der Waals surface area contributed by atoms with E-state index in [-0.39, 0.29) is 0 Å². The van der Waals surface area contributed by atoms with Gasteiger partial charge in [0.25, 0.3) is 0 Å². The van der Waals surface area contributed by atoms with E-state index in [1.54, 1.807) is 0 Å². The second kappa shape index (κ2) is 12.8. The van der Waals surface area contributed by atoms with Crippen LogP contribution in [0.25, 0.3) is 138 Å². The molecule has 0 saturated carbocycles. The maximum atomic E-state index is 6.79. The third-order valence-corrected chi connectivity index (χ3v) is 13.6. The van der Waals surface area contributed by atoms with E-state index < -0.39 is 0 Å². The number of aromatic nitrogens is 4. The van der Waals surface area contributed by atoms with Crippen molar-refractivity contribution in [2.45, 2.75) is 0 Å². The molecule has 15 aromatic rings. The Kier molecular flexibility index (Phi) is 6.86. The third kappa shape index (κ3) is 4.74. The minimum atomic E-state index is 0.794. The Morgan fingerprint density at radius 2 is 0.969 bits per heavy atom. The van der Waals surface area contributed by atoms with Crippen molar-refractivity contribution in [2.75, 3.05) is 0 Å². The molecule has 0 atom stereocenters. The number of rotatable bonds is 4. The number of benzene rings is 9. The fourth-order valence-corrected chi connectivity index (χ4v) is 10.8. The average Bonchev–Trinajstić information content (AvgIpc) is 4.18. The molecule has 6 heteroatoms. The molecule has 65 heavy (non-hydrogen) atoms. The number of hydrogen-bond acceptors (Lipinski definition) is 3. The van der Waals surface area contributed by atoms with Crippen molar-refractivity contribution >= 4 is 104 Å². The summed E-state index contributed by atoms with van der Waals surface area (Å²) in [5.41, 5.74) is 17.5. The first-order valence-electron chi connectivity index (χ1n) is 22.0. The number of nitrogens with zero attached hydrogens (tertiary/aromatic N) is 4. The second-order valence-electron chi connectivity index (χ2n) is 17.1. The molecule has 0 spiro atoms. The highest BCUT2D eigenvalue weighted by Crippen LogP contribution is 2.45. The zero-order valence-electron chi connectivity index (χ0n) is 34.7. The van der Waals surface area contributed by atoms with Gasteiger partial charge >= 0.3 is 0 Å². The minimum Gasteiger partial charge on any atom is -0.455 e. The van der Waals surface area contributed by atoms with Crippen molar-refractivity contribution in [2.24, 2.45) is 0 Å². The summed E-state index contributed by atoms with van der Waals surface area (Å²) >= 11 is 0. The van der Waals surface area contributed by atoms with Crippen LogP contribution in [-0.2, 0) is 0 Å². The largest absolute Gasteiger partial charge is 0.455 e. The molecular formula is C59H34N4O2. The topological polar surface area (TPSA) is 53.4 Å². The molecule has 0 bridgehead atoms. The van der Waals surface area contributed by atoms with E-state index in [1.165, 1.54) is 16.3 Å². The molecule has 6 aromatic heterocycles. The molecule has 6 heterocycles. The first-order valence-corrected chi connectivity index (χ1v) is 22.0. The molecule has 15 rings (SSSR count). The van der Waals surface area contributed by atoms with E-state index in [1.807, 2.05) is 18.2 Å². The number of furan rings is 2. The second-order valence-corrected chi connectivity index (χ2v) is 17.1. The van der Waals surface area contributed by atoms with Crippen molar-refractivity contribution in [1.29, 1.82) is 0 Å². The first kappa shape index (κ1) is 34.7. The van der Waals surface area contributed by atoms with E-state index in [4.69, 9.17) is 13.8 Å². The molecule has 0 amide bonds. The Hall–Kier alpha value is -8.87. The van der Waals surface area contributed by atoms with Crippen LogP contribution in [-0.4, -0.2) is 18.5 Å². The van der Waals surface area contributed by atoms with Crippen LogP contribution in [0, 0.1) is 0 Å². The highest BCUT2D eigenvalue weighted by Gasteiger charge is 2.26. The third-order valence-electron chi connectivity index (χ3n) is 13.6. The van der Waals surface area contributed by atoms with Crippen LogP contribution in [0.2, 0.25) is 0 Å². The van der Waals surface area contributed by atoms with Gasteiger partial charge in [0.1, 0.15) is 16.7 Å². The molecule has 0 aliphatic rings. The van der Waals surface area contributed by atoms with Crippen LogP contribution in [0.3, 0.4) is 0 Å². The van der Waals surface area contributed by atoms with Crippen LogP contribution in [0.4, 0.5) is 0 Å². The summed E-state index contributed by atoms with van der Waals surface area (Å²) in [6.07, 6.45) is 0. The molecule has 302 valence electrons. The van der Waals surface area contributed by atoms with Gasteiger partial charge in [-0.05, 0) is 95.6 Å². The minimum absolute atomic E-state index is 0.794. The predicted molar refractivity (Wildman–Crippen MR) is 267 cm³/mol. The van der Waals surface area contributed by atoms with Gasteiger partial charge in [0.05, 0.1) is 43.9 Å². The SMILES string of the molecule is c1ccc(-n2c3ccc(-c4ccc5c(c4)c4ccccc4n5-c4ccc(-c5cccc6c5oc5ccccc56)cc4)cc3c3c2c2c4ccccc4oc2n2c4ccccc4nc32)cc1. The molecule has 0 aliphatic carbocycles. The van der Waals surface area contributed by atoms with E-state index in [9.17, 15) is 0 Å². The van der Waals surface area contributed by atoms with Gasteiger partial charge in [-0.15, -0.1) is 0 Å². The number of pyridine rings is 1. The van der Waals surface area contributed by atoms with Crippen LogP contribution in [0.1, 0.15) is 0 Å². The van der Waals surface area contributed by atoms with Crippen molar-refractivity contribution in [3.63, 3.8) is 0 Å². The fourth-order valence-electron chi connectivity index (χ4n) is 10.8. The highest BCUT2D eigenvalue weighted by molar-refractivity contribution is 6.29.